The minimum absolute atomic E-state index is 0.01000. The molecule has 1 saturated carbocycles. The van der Waals surface area contributed by atoms with Gasteiger partial charge in [0, 0.05) is 23.7 Å². The number of H-pyrrole nitrogens is 1. The van der Waals surface area contributed by atoms with Crippen molar-refractivity contribution in [3.05, 3.63) is 24.3 Å². The van der Waals surface area contributed by atoms with E-state index >= 15 is 0 Å². The molecule has 12 heteroatoms. The molecule has 1 fully saturated rings. The highest BCUT2D eigenvalue weighted by atomic mass is 32.2. The lowest BCUT2D eigenvalue weighted by Crippen LogP contribution is -2.39. The van der Waals surface area contributed by atoms with Crippen LogP contribution in [-0.4, -0.2) is 53.0 Å². The van der Waals surface area contributed by atoms with E-state index in [1.807, 2.05) is 10.6 Å². The molecular formula is C18H23F3N6O2S. The van der Waals surface area contributed by atoms with Gasteiger partial charge < -0.3 is 14.9 Å². The molecule has 0 atom stereocenters. The lowest BCUT2D eigenvalue weighted by Gasteiger charge is -2.31. The molecule has 8 nitrogen and oxygen atoms in total. The molecule has 1 aliphatic carbocycles. The summed E-state index contributed by atoms with van der Waals surface area (Å²) in [6.07, 6.45) is 2.81. The van der Waals surface area contributed by atoms with Gasteiger partial charge in [0.1, 0.15) is 17.0 Å². The largest absolute Gasteiger partial charge is 0.401 e. The molecule has 0 unspecified atom stereocenters. The summed E-state index contributed by atoms with van der Waals surface area (Å²) in [5, 5.41) is 3.47. The fourth-order valence-corrected chi connectivity index (χ4v) is 4.54. The number of sulfonamides is 1. The first-order valence-corrected chi connectivity index (χ1v) is 11.6. The molecule has 164 valence electrons. The number of rotatable bonds is 6. The van der Waals surface area contributed by atoms with Gasteiger partial charge in [-0.05, 0) is 31.7 Å². The second-order valence-electron chi connectivity index (χ2n) is 7.72. The van der Waals surface area contributed by atoms with Crippen LogP contribution < -0.4 is 10.0 Å². The van der Waals surface area contributed by atoms with Gasteiger partial charge in [0.05, 0.1) is 31.1 Å². The van der Waals surface area contributed by atoms with Crippen molar-refractivity contribution in [2.75, 3.05) is 12.8 Å². The van der Waals surface area contributed by atoms with Crippen molar-refractivity contribution in [3.63, 3.8) is 0 Å². The Balaban J connectivity index is 1.64. The molecule has 0 spiro atoms. The highest BCUT2D eigenvalue weighted by Gasteiger charge is 2.31. The van der Waals surface area contributed by atoms with Crippen LogP contribution in [0.5, 0.6) is 0 Å². The smallest absolute Gasteiger partial charge is 0.346 e. The number of nitrogens with one attached hydrogen (secondary N) is 3. The van der Waals surface area contributed by atoms with E-state index in [-0.39, 0.29) is 18.6 Å². The second-order valence-corrected chi connectivity index (χ2v) is 9.56. The van der Waals surface area contributed by atoms with Crippen LogP contribution in [0.25, 0.3) is 22.1 Å². The van der Waals surface area contributed by atoms with Gasteiger partial charge in [-0.1, -0.05) is 0 Å². The molecule has 0 bridgehead atoms. The maximum Gasteiger partial charge on any atom is 0.401 e. The van der Waals surface area contributed by atoms with Crippen molar-refractivity contribution < 1.29 is 21.6 Å². The van der Waals surface area contributed by atoms with Crippen LogP contribution in [0.2, 0.25) is 0 Å². The van der Waals surface area contributed by atoms with Crippen molar-refractivity contribution in [2.24, 2.45) is 0 Å². The first-order valence-electron chi connectivity index (χ1n) is 9.68. The average molecular weight is 444 g/mol. The fourth-order valence-electron chi connectivity index (χ4n) is 4.15. The van der Waals surface area contributed by atoms with E-state index < -0.39 is 22.7 Å². The number of alkyl halides is 3. The molecule has 3 N–H and O–H groups in total. The first-order chi connectivity index (χ1) is 14.1. The van der Waals surface area contributed by atoms with Gasteiger partial charge in [-0.2, -0.15) is 13.2 Å². The quantitative estimate of drug-likeness (QED) is 0.542. The van der Waals surface area contributed by atoms with Gasteiger partial charge in [-0.25, -0.2) is 23.1 Å². The van der Waals surface area contributed by atoms with E-state index in [4.69, 9.17) is 0 Å². The minimum atomic E-state index is -4.23. The third-order valence-corrected chi connectivity index (χ3v) is 6.12. The Morgan fingerprint density at radius 1 is 1.27 bits per heavy atom. The van der Waals surface area contributed by atoms with Crippen LogP contribution in [-0.2, 0) is 16.6 Å². The van der Waals surface area contributed by atoms with Crippen LogP contribution in [0.3, 0.4) is 0 Å². The van der Waals surface area contributed by atoms with E-state index in [0.29, 0.717) is 42.7 Å². The predicted molar refractivity (Wildman–Crippen MR) is 106 cm³/mol. The zero-order valence-electron chi connectivity index (χ0n) is 16.3. The van der Waals surface area contributed by atoms with Gasteiger partial charge in [0.25, 0.3) is 0 Å². The van der Waals surface area contributed by atoms with Crippen molar-refractivity contribution in [1.29, 1.82) is 0 Å². The summed E-state index contributed by atoms with van der Waals surface area (Å²) in [6.45, 7) is -0.957. The number of halogens is 3. The Kier molecular flexibility index (Phi) is 5.49. The topological polar surface area (TPSA) is 105 Å². The first kappa shape index (κ1) is 21.1. The van der Waals surface area contributed by atoms with Crippen LogP contribution in [0.1, 0.15) is 37.5 Å². The Bertz CT molecular complexity index is 1150. The van der Waals surface area contributed by atoms with Crippen molar-refractivity contribution in [1.82, 2.24) is 29.6 Å². The number of pyridine rings is 1. The molecule has 3 aromatic heterocycles. The molecule has 3 aromatic rings. The molecule has 4 rings (SSSR count). The van der Waals surface area contributed by atoms with E-state index in [9.17, 15) is 21.6 Å². The van der Waals surface area contributed by atoms with Gasteiger partial charge in [0.15, 0.2) is 0 Å². The number of hydrogen-bond acceptors (Lipinski definition) is 5. The third-order valence-electron chi connectivity index (χ3n) is 5.45. The van der Waals surface area contributed by atoms with Crippen molar-refractivity contribution in [3.8, 4) is 0 Å². The second kappa shape index (κ2) is 7.82. The molecule has 0 saturated heterocycles. The monoisotopic (exact) mass is 444 g/mol. The molecule has 0 aromatic carbocycles. The molecular weight excluding hydrogens is 421 g/mol. The predicted octanol–water partition coefficient (Wildman–Crippen LogP) is 2.60. The summed E-state index contributed by atoms with van der Waals surface area (Å²) in [4.78, 5) is 12.0. The molecule has 0 aliphatic heterocycles. The normalized spacial score (nSPS) is 20.9. The van der Waals surface area contributed by atoms with E-state index in [1.54, 1.807) is 12.4 Å². The van der Waals surface area contributed by atoms with Gasteiger partial charge >= 0.3 is 6.18 Å². The van der Waals surface area contributed by atoms with Crippen molar-refractivity contribution >= 4 is 32.1 Å². The molecule has 0 amide bonds. The lowest BCUT2D eigenvalue weighted by atomic mass is 9.90. The minimum Gasteiger partial charge on any atom is -0.346 e. The molecule has 3 heterocycles. The average Bonchev–Trinajstić information content (AvgIpc) is 3.27. The van der Waals surface area contributed by atoms with E-state index in [0.717, 1.165) is 17.2 Å². The van der Waals surface area contributed by atoms with Crippen molar-refractivity contribution in [2.45, 2.75) is 50.5 Å². The maximum atomic E-state index is 12.5. The summed E-state index contributed by atoms with van der Waals surface area (Å²) in [7, 11) is -3.41. The van der Waals surface area contributed by atoms with Gasteiger partial charge in [0.2, 0.25) is 10.0 Å². The summed E-state index contributed by atoms with van der Waals surface area (Å²) in [6, 6.07) is 1.72. The van der Waals surface area contributed by atoms with Gasteiger partial charge in [-0.15, -0.1) is 0 Å². The standard InChI is InChI=1S/C18H23F3N6O2S/c1-30(28,29)25-9-15-26-14-8-23-17-13(6-7-22-17)16(14)27(15)12-4-2-11(3-5-12)24-10-18(19,20)21/h6-8,11-12,24-25H,2-5,9-10H2,1H3,(H,22,23). The summed E-state index contributed by atoms with van der Waals surface area (Å²) in [5.74, 6) is 0.567. The maximum absolute atomic E-state index is 12.5. The zero-order chi connectivity index (χ0) is 21.5. The number of fused-ring (bicyclic) bond motifs is 3. The van der Waals surface area contributed by atoms with Crippen LogP contribution in [0.4, 0.5) is 13.2 Å². The van der Waals surface area contributed by atoms with Crippen LogP contribution in [0, 0.1) is 0 Å². The highest BCUT2D eigenvalue weighted by molar-refractivity contribution is 7.88. The number of aromatic nitrogens is 4. The zero-order valence-corrected chi connectivity index (χ0v) is 17.1. The number of hydrogen-bond donors (Lipinski definition) is 3. The Labute approximate surface area is 171 Å². The Morgan fingerprint density at radius 3 is 2.67 bits per heavy atom. The molecule has 1 aliphatic rings. The summed E-state index contributed by atoms with van der Waals surface area (Å²) < 4.78 is 65.2. The van der Waals surface area contributed by atoms with Gasteiger partial charge in [-0.3, -0.25) is 0 Å². The SMILES string of the molecule is CS(=O)(=O)NCc1nc2cnc3[nH]ccc3c2n1C1CCC(NCC(F)(F)F)CC1. The lowest BCUT2D eigenvalue weighted by molar-refractivity contribution is -0.126. The third kappa shape index (κ3) is 4.60. The van der Waals surface area contributed by atoms with E-state index in [2.05, 4.69) is 25.0 Å². The van der Waals surface area contributed by atoms with Crippen LogP contribution >= 0.6 is 0 Å². The Hall–Kier alpha value is -2.18. The van der Waals surface area contributed by atoms with E-state index in [1.165, 1.54) is 0 Å². The fraction of sp³-hybridized carbons (Fsp3) is 0.556. The summed E-state index contributed by atoms with van der Waals surface area (Å²) in [5.41, 5.74) is 2.22. The molecule has 0 radical (unpaired) electrons. The molecule has 30 heavy (non-hydrogen) atoms. The Morgan fingerprint density at radius 2 is 2.00 bits per heavy atom. The van der Waals surface area contributed by atoms with Crippen LogP contribution in [0.15, 0.2) is 18.5 Å². The number of nitrogens with zero attached hydrogens (tertiary/aromatic N) is 3. The number of aromatic amines is 1. The highest BCUT2D eigenvalue weighted by Crippen LogP contribution is 2.35. The number of imidazole rings is 1. The summed E-state index contributed by atoms with van der Waals surface area (Å²) >= 11 is 0.